The SMILES string of the molecule is Cc1ccc(F)cc1NCc1n[nH]nc1-c1ccccc1. The van der Waals surface area contributed by atoms with Gasteiger partial charge in [0.1, 0.15) is 17.2 Å². The Morgan fingerprint density at radius 1 is 1.10 bits per heavy atom. The number of aromatic nitrogens is 3. The van der Waals surface area contributed by atoms with Crippen molar-refractivity contribution in [1.82, 2.24) is 15.4 Å². The number of benzene rings is 2. The first-order chi connectivity index (χ1) is 10.2. The van der Waals surface area contributed by atoms with E-state index >= 15 is 0 Å². The highest BCUT2D eigenvalue weighted by molar-refractivity contribution is 5.61. The van der Waals surface area contributed by atoms with E-state index in [-0.39, 0.29) is 5.82 Å². The molecule has 0 spiro atoms. The minimum atomic E-state index is -0.258. The van der Waals surface area contributed by atoms with E-state index in [4.69, 9.17) is 0 Å². The quantitative estimate of drug-likeness (QED) is 0.769. The monoisotopic (exact) mass is 282 g/mol. The van der Waals surface area contributed by atoms with E-state index in [1.165, 1.54) is 12.1 Å². The van der Waals surface area contributed by atoms with Crippen LogP contribution in [0, 0.1) is 12.7 Å². The number of aromatic amines is 1. The summed E-state index contributed by atoms with van der Waals surface area (Å²) in [5.74, 6) is -0.258. The Kier molecular flexibility index (Phi) is 3.64. The molecular weight excluding hydrogens is 267 g/mol. The summed E-state index contributed by atoms with van der Waals surface area (Å²) in [5, 5.41) is 14.2. The molecule has 0 amide bonds. The Balaban J connectivity index is 1.81. The largest absolute Gasteiger partial charge is 0.379 e. The van der Waals surface area contributed by atoms with E-state index in [0.717, 1.165) is 28.2 Å². The highest BCUT2D eigenvalue weighted by atomic mass is 19.1. The molecule has 0 aliphatic heterocycles. The average molecular weight is 282 g/mol. The Morgan fingerprint density at radius 3 is 2.71 bits per heavy atom. The molecule has 3 aromatic rings. The van der Waals surface area contributed by atoms with Crippen molar-refractivity contribution in [2.45, 2.75) is 13.5 Å². The van der Waals surface area contributed by atoms with Gasteiger partial charge < -0.3 is 5.32 Å². The maximum atomic E-state index is 13.3. The average Bonchev–Trinajstić information content (AvgIpc) is 2.97. The molecule has 21 heavy (non-hydrogen) atoms. The number of rotatable bonds is 4. The van der Waals surface area contributed by atoms with Gasteiger partial charge in [-0.25, -0.2) is 4.39 Å². The molecule has 0 fully saturated rings. The number of anilines is 1. The van der Waals surface area contributed by atoms with Crippen molar-refractivity contribution >= 4 is 5.69 Å². The molecule has 4 nitrogen and oxygen atoms in total. The fraction of sp³-hybridized carbons (Fsp3) is 0.125. The Labute approximate surface area is 122 Å². The third-order valence-electron chi connectivity index (χ3n) is 3.31. The molecule has 0 bridgehead atoms. The van der Waals surface area contributed by atoms with Gasteiger partial charge in [-0.05, 0) is 24.6 Å². The second kappa shape index (κ2) is 5.75. The van der Waals surface area contributed by atoms with Crippen LogP contribution in [-0.2, 0) is 6.54 Å². The minimum absolute atomic E-state index is 0.258. The summed E-state index contributed by atoms with van der Waals surface area (Å²) >= 11 is 0. The number of hydrogen-bond donors (Lipinski definition) is 2. The highest BCUT2D eigenvalue weighted by Gasteiger charge is 2.10. The maximum absolute atomic E-state index is 13.3. The van der Waals surface area contributed by atoms with Crippen LogP contribution in [0.15, 0.2) is 48.5 Å². The standard InChI is InChI=1S/C16H15FN4/c1-11-7-8-13(17)9-14(11)18-10-15-16(20-21-19-15)12-5-3-2-4-6-12/h2-9,18H,10H2,1H3,(H,19,20,21). The van der Waals surface area contributed by atoms with Gasteiger partial charge in [-0.15, -0.1) is 0 Å². The fourth-order valence-corrected chi connectivity index (χ4v) is 2.17. The van der Waals surface area contributed by atoms with Gasteiger partial charge in [-0.3, -0.25) is 0 Å². The number of H-pyrrole nitrogens is 1. The van der Waals surface area contributed by atoms with Gasteiger partial charge in [0.2, 0.25) is 0 Å². The van der Waals surface area contributed by atoms with Crippen LogP contribution in [0.25, 0.3) is 11.3 Å². The predicted molar refractivity (Wildman–Crippen MR) is 80.3 cm³/mol. The summed E-state index contributed by atoms with van der Waals surface area (Å²) in [6, 6.07) is 14.5. The van der Waals surface area contributed by atoms with E-state index in [0.29, 0.717) is 6.54 Å². The zero-order valence-electron chi connectivity index (χ0n) is 11.6. The Morgan fingerprint density at radius 2 is 1.90 bits per heavy atom. The molecule has 0 aliphatic rings. The van der Waals surface area contributed by atoms with Crippen molar-refractivity contribution in [1.29, 1.82) is 0 Å². The molecule has 0 saturated carbocycles. The fourth-order valence-electron chi connectivity index (χ4n) is 2.17. The smallest absolute Gasteiger partial charge is 0.125 e. The lowest BCUT2D eigenvalue weighted by Crippen LogP contribution is -2.03. The van der Waals surface area contributed by atoms with E-state index in [1.807, 2.05) is 37.3 Å². The first-order valence-electron chi connectivity index (χ1n) is 6.69. The van der Waals surface area contributed by atoms with Crippen LogP contribution in [-0.4, -0.2) is 15.4 Å². The first-order valence-corrected chi connectivity index (χ1v) is 6.69. The first kappa shape index (κ1) is 13.3. The van der Waals surface area contributed by atoms with Crippen molar-refractivity contribution in [2.75, 3.05) is 5.32 Å². The normalized spacial score (nSPS) is 10.6. The second-order valence-electron chi connectivity index (χ2n) is 4.80. The summed E-state index contributed by atoms with van der Waals surface area (Å²) in [7, 11) is 0. The minimum Gasteiger partial charge on any atom is -0.379 e. The molecule has 2 aromatic carbocycles. The van der Waals surface area contributed by atoms with Gasteiger partial charge in [0, 0.05) is 11.3 Å². The zero-order valence-corrected chi connectivity index (χ0v) is 11.6. The molecule has 2 N–H and O–H groups in total. The van der Waals surface area contributed by atoms with Gasteiger partial charge in [0.05, 0.1) is 6.54 Å². The van der Waals surface area contributed by atoms with Crippen LogP contribution in [0.5, 0.6) is 0 Å². The number of halogens is 1. The van der Waals surface area contributed by atoms with Crippen molar-refractivity contribution in [3.63, 3.8) is 0 Å². The molecule has 3 rings (SSSR count). The maximum Gasteiger partial charge on any atom is 0.125 e. The van der Waals surface area contributed by atoms with Gasteiger partial charge in [0.25, 0.3) is 0 Å². The van der Waals surface area contributed by atoms with Gasteiger partial charge in [0.15, 0.2) is 0 Å². The van der Waals surface area contributed by atoms with Crippen LogP contribution in [0.1, 0.15) is 11.3 Å². The van der Waals surface area contributed by atoms with E-state index < -0.39 is 0 Å². The third kappa shape index (κ3) is 2.91. The Bertz CT molecular complexity index is 737. The molecule has 0 aliphatic carbocycles. The van der Waals surface area contributed by atoms with Crippen molar-refractivity contribution < 1.29 is 4.39 Å². The molecule has 0 atom stereocenters. The van der Waals surface area contributed by atoms with Crippen molar-refractivity contribution in [3.8, 4) is 11.3 Å². The summed E-state index contributed by atoms with van der Waals surface area (Å²) in [6.07, 6.45) is 0. The van der Waals surface area contributed by atoms with Crippen LogP contribution in [0.2, 0.25) is 0 Å². The molecule has 0 radical (unpaired) electrons. The van der Waals surface area contributed by atoms with Crippen LogP contribution < -0.4 is 5.32 Å². The lowest BCUT2D eigenvalue weighted by atomic mass is 10.1. The van der Waals surface area contributed by atoms with Crippen molar-refractivity contribution in [3.05, 3.63) is 65.6 Å². The molecule has 1 aromatic heterocycles. The number of hydrogen-bond acceptors (Lipinski definition) is 3. The number of aryl methyl sites for hydroxylation is 1. The van der Waals surface area contributed by atoms with Crippen molar-refractivity contribution in [2.24, 2.45) is 0 Å². The Hall–Kier alpha value is -2.69. The van der Waals surface area contributed by atoms with E-state index in [2.05, 4.69) is 20.7 Å². The topological polar surface area (TPSA) is 53.6 Å². The van der Waals surface area contributed by atoms with E-state index in [1.54, 1.807) is 6.07 Å². The molecule has 5 heteroatoms. The summed E-state index contributed by atoms with van der Waals surface area (Å²) < 4.78 is 13.3. The predicted octanol–water partition coefficient (Wildman–Crippen LogP) is 3.53. The third-order valence-corrected chi connectivity index (χ3v) is 3.31. The van der Waals surface area contributed by atoms with Gasteiger partial charge >= 0.3 is 0 Å². The summed E-state index contributed by atoms with van der Waals surface area (Å²) in [4.78, 5) is 0. The summed E-state index contributed by atoms with van der Waals surface area (Å²) in [5.41, 5.74) is 4.35. The molecule has 1 heterocycles. The number of nitrogens with zero attached hydrogens (tertiary/aromatic N) is 2. The van der Waals surface area contributed by atoms with Crippen LogP contribution in [0.4, 0.5) is 10.1 Å². The summed E-state index contributed by atoms with van der Waals surface area (Å²) in [6.45, 7) is 2.41. The molecule has 0 saturated heterocycles. The molecule has 106 valence electrons. The van der Waals surface area contributed by atoms with Crippen LogP contribution >= 0.6 is 0 Å². The molecule has 0 unspecified atom stereocenters. The highest BCUT2D eigenvalue weighted by Crippen LogP contribution is 2.21. The van der Waals surface area contributed by atoms with E-state index in [9.17, 15) is 4.39 Å². The lowest BCUT2D eigenvalue weighted by Gasteiger charge is -2.09. The van der Waals surface area contributed by atoms with Gasteiger partial charge in [-0.2, -0.15) is 15.4 Å². The second-order valence-corrected chi connectivity index (χ2v) is 4.80. The zero-order chi connectivity index (χ0) is 14.7. The van der Waals surface area contributed by atoms with Crippen LogP contribution in [0.3, 0.4) is 0 Å². The molecular formula is C16H15FN4. The van der Waals surface area contributed by atoms with Gasteiger partial charge in [-0.1, -0.05) is 36.4 Å². The lowest BCUT2D eigenvalue weighted by molar-refractivity contribution is 0.628. The number of nitrogens with one attached hydrogen (secondary N) is 2.